The van der Waals surface area contributed by atoms with Crippen LogP contribution in [-0.2, 0) is 44.9 Å². The number of ether oxygens (including phenoxy) is 1. The van der Waals surface area contributed by atoms with Crippen LogP contribution in [0.25, 0.3) is 10.8 Å². The number of para-hydroxylation sites is 1. The lowest BCUT2D eigenvalue weighted by atomic mass is 9.87. The van der Waals surface area contributed by atoms with Crippen LogP contribution in [0.2, 0.25) is 0 Å². The van der Waals surface area contributed by atoms with Gasteiger partial charge in [0.05, 0.1) is 24.8 Å². The van der Waals surface area contributed by atoms with Gasteiger partial charge < -0.3 is 14.7 Å². The highest BCUT2D eigenvalue weighted by Crippen LogP contribution is 2.35. The number of benzene rings is 4. The molecule has 9 nitrogen and oxygen atoms in total. The number of ketones is 1. The summed E-state index contributed by atoms with van der Waals surface area (Å²) in [6, 6.07) is 27.5. The van der Waals surface area contributed by atoms with Gasteiger partial charge in [-0.15, -0.1) is 0 Å². The van der Waals surface area contributed by atoms with Crippen molar-refractivity contribution < 1.29 is 29.0 Å². The van der Waals surface area contributed by atoms with Gasteiger partial charge in [-0.2, -0.15) is 0 Å². The molecule has 6 rings (SSSR count). The number of anilines is 1. The number of amides is 2. The van der Waals surface area contributed by atoms with Gasteiger partial charge in [-0.05, 0) is 72.7 Å². The van der Waals surface area contributed by atoms with Crippen molar-refractivity contribution in [3.05, 3.63) is 113 Å². The molecule has 2 atom stereocenters. The number of nitrogens with zero attached hydrogens (tertiary/aromatic N) is 3. The van der Waals surface area contributed by atoms with Crippen LogP contribution in [0.15, 0.2) is 91.0 Å². The monoisotopic (exact) mass is 647 g/mol. The van der Waals surface area contributed by atoms with Crippen LogP contribution in [0.1, 0.15) is 43.0 Å². The van der Waals surface area contributed by atoms with E-state index in [-0.39, 0.29) is 37.7 Å². The largest absolute Gasteiger partial charge is 0.480 e. The summed E-state index contributed by atoms with van der Waals surface area (Å²) in [5.74, 6) is -1.62. The number of Topliss-reactive ketones (excluding diaryl/α,β-unsaturated/α-hetero) is 1. The van der Waals surface area contributed by atoms with Crippen molar-refractivity contribution in [1.29, 1.82) is 0 Å². The van der Waals surface area contributed by atoms with Gasteiger partial charge in [0.25, 0.3) is 0 Å². The molecule has 0 saturated heterocycles. The Balaban J connectivity index is 1.32. The third-order valence-corrected chi connectivity index (χ3v) is 9.08. The first-order valence-electron chi connectivity index (χ1n) is 16.4. The Bertz CT molecular complexity index is 1850. The number of hydrogen-bond acceptors (Lipinski definition) is 6. The van der Waals surface area contributed by atoms with E-state index < -0.39 is 29.7 Å². The predicted molar refractivity (Wildman–Crippen MR) is 184 cm³/mol. The van der Waals surface area contributed by atoms with Crippen LogP contribution in [-0.4, -0.2) is 76.0 Å². The van der Waals surface area contributed by atoms with E-state index in [1.54, 1.807) is 36.6 Å². The highest BCUT2D eigenvalue weighted by atomic mass is 16.6. The van der Waals surface area contributed by atoms with Crippen LogP contribution in [0.4, 0.5) is 10.5 Å². The third-order valence-electron chi connectivity index (χ3n) is 9.08. The predicted octanol–water partition coefficient (Wildman–Crippen LogP) is 5.66. The molecule has 1 unspecified atom stereocenters. The van der Waals surface area contributed by atoms with Crippen LogP contribution >= 0.6 is 0 Å². The molecule has 4 aromatic rings. The Morgan fingerprint density at radius 2 is 1.54 bits per heavy atom. The second-order valence-electron chi connectivity index (χ2n) is 13.6. The quantitative estimate of drug-likeness (QED) is 0.250. The highest BCUT2D eigenvalue weighted by molar-refractivity contribution is 6.02. The van der Waals surface area contributed by atoms with Gasteiger partial charge in [0.15, 0.2) is 5.78 Å². The minimum Gasteiger partial charge on any atom is -0.480 e. The summed E-state index contributed by atoms with van der Waals surface area (Å²) in [5, 5.41) is 11.9. The number of aliphatic carboxylic acids is 1. The second kappa shape index (κ2) is 13.6. The number of rotatable bonds is 9. The summed E-state index contributed by atoms with van der Waals surface area (Å²) in [4.78, 5) is 59.2. The minimum atomic E-state index is -1.02. The molecule has 0 bridgehead atoms. The van der Waals surface area contributed by atoms with Crippen LogP contribution < -0.4 is 4.90 Å². The molecule has 2 heterocycles. The van der Waals surface area contributed by atoms with Gasteiger partial charge in [-0.3, -0.25) is 24.2 Å². The molecule has 9 heteroatoms. The highest BCUT2D eigenvalue weighted by Gasteiger charge is 2.43. The Morgan fingerprint density at radius 3 is 2.29 bits per heavy atom. The van der Waals surface area contributed by atoms with Crippen molar-refractivity contribution in [1.82, 2.24) is 9.80 Å². The maximum atomic E-state index is 14.6. The summed E-state index contributed by atoms with van der Waals surface area (Å²) < 4.78 is 5.75. The standard InChI is InChI=1S/C39H41N3O6/c1-39(2,3)48-38(47)42-32-16-10-8-14-28(32)21-34(42)37(46)40(20-19-26-11-5-4-6-12-26)24-35(43)33-22-31-29(23-41(33)25-36(44)45)18-17-27-13-7-9-15-30(27)31/h4-18,33-34H,19-25H2,1-3H3,(H,44,45)/t33?,34-/m1/s1. The summed E-state index contributed by atoms with van der Waals surface area (Å²) in [7, 11) is 0. The molecule has 4 aromatic carbocycles. The zero-order valence-corrected chi connectivity index (χ0v) is 27.6. The number of carboxylic acids is 1. The van der Waals surface area contributed by atoms with Crippen LogP contribution in [0.3, 0.4) is 0 Å². The van der Waals surface area contributed by atoms with E-state index in [1.165, 1.54) is 4.90 Å². The Morgan fingerprint density at radius 1 is 0.833 bits per heavy atom. The smallest absolute Gasteiger partial charge is 0.415 e. The van der Waals surface area contributed by atoms with E-state index in [0.717, 1.165) is 33.0 Å². The number of hydrogen-bond donors (Lipinski definition) is 1. The molecule has 0 saturated carbocycles. The summed E-state index contributed by atoms with van der Waals surface area (Å²) in [6.45, 7) is 5.38. The fourth-order valence-electron chi connectivity index (χ4n) is 6.88. The first-order valence-corrected chi connectivity index (χ1v) is 16.4. The van der Waals surface area contributed by atoms with Crippen molar-refractivity contribution in [2.75, 3.05) is 24.5 Å². The normalized spacial score (nSPS) is 17.4. The molecule has 2 aliphatic heterocycles. The van der Waals surface area contributed by atoms with Gasteiger partial charge in [0.1, 0.15) is 11.6 Å². The second-order valence-corrected chi connectivity index (χ2v) is 13.6. The van der Waals surface area contributed by atoms with Gasteiger partial charge in [0, 0.05) is 19.5 Å². The molecule has 48 heavy (non-hydrogen) atoms. The van der Waals surface area contributed by atoms with E-state index in [9.17, 15) is 24.3 Å². The molecule has 0 aromatic heterocycles. The molecule has 0 aliphatic carbocycles. The third kappa shape index (κ3) is 7.11. The lowest BCUT2D eigenvalue weighted by Crippen LogP contribution is -2.55. The topological polar surface area (TPSA) is 107 Å². The minimum absolute atomic E-state index is 0.221. The SMILES string of the molecule is CC(C)(C)OC(=O)N1c2ccccc2C[C@@H]1C(=O)N(CCc1ccccc1)CC(=O)C1Cc2c(ccc3ccccc23)CN1CC(=O)O. The number of fused-ring (bicyclic) bond motifs is 4. The Hall–Kier alpha value is -5.02. The zero-order valence-electron chi connectivity index (χ0n) is 27.6. The zero-order chi connectivity index (χ0) is 34.0. The van der Waals surface area contributed by atoms with Crippen molar-refractivity contribution in [2.24, 2.45) is 0 Å². The number of carboxylic acid groups (broad SMARTS) is 1. The van der Waals surface area contributed by atoms with Crippen molar-refractivity contribution in [2.45, 2.75) is 64.3 Å². The van der Waals surface area contributed by atoms with Crippen molar-refractivity contribution in [3.63, 3.8) is 0 Å². The summed E-state index contributed by atoms with van der Waals surface area (Å²) in [6.07, 6.45) is 0.507. The molecule has 1 N–H and O–H groups in total. The number of carbonyl (C=O) groups excluding carboxylic acids is 3. The average Bonchev–Trinajstić information content (AvgIpc) is 3.45. The molecule has 2 aliphatic rings. The first-order chi connectivity index (χ1) is 23.0. The van der Waals surface area contributed by atoms with Gasteiger partial charge in [0.2, 0.25) is 5.91 Å². The fourth-order valence-corrected chi connectivity index (χ4v) is 6.88. The molecule has 0 fully saturated rings. The van der Waals surface area contributed by atoms with E-state index in [2.05, 4.69) is 0 Å². The van der Waals surface area contributed by atoms with Crippen molar-refractivity contribution in [3.8, 4) is 0 Å². The van der Waals surface area contributed by atoms with E-state index >= 15 is 0 Å². The summed E-state index contributed by atoms with van der Waals surface area (Å²) in [5.41, 5.74) is 3.71. The lowest BCUT2D eigenvalue weighted by molar-refractivity contribution is -0.142. The van der Waals surface area contributed by atoms with Crippen molar-refractivity contribution >= 4 is 40.2 Å². The van der Waals surface area contributed by atoms with Gasteiger partial charge in [-0.25, -0.2) is 4.79 Å². The first kappa shape index (κ1) is 32.9. The number of carbonyl (C=O) groups is 4. The maximum Gasteiger partial charge on any atom is 0.415 e. The molecule has 0 radical (unpaired) electrons. The lowest BCUT2D eigenvalue weighted by Gasteiger charge is -2.37. The molecular weight excluding hydrogens is 606 g/mol. The fraction of sp³-hybridized carbons (Fsp3) is 0.333. The van der Waals surface area contributed by atoms with E-state index in [1.807, 2.05) is 84.9 Å². The molecule has 2 amide bonds. The molecule has 248 valence electrons. The molecular formula is C39H41N3O6. The van der Waals surface area contributed by atoms with Gasteiger partial charge in [-0.1, -0.05) is 84.9 Å². The van der Waals surface area contributed by atoms with Gasteiger partial charge >= 0.3 is 12.1 Å². The summed E-state index contributed by atoms with van der Waals surface area (Å²) >= 11 is 0. The van der Waals surface area contributed by atoms with Crippen LogP contribution in [0, 0.1) is 0 Å². The van der Waals surface area contributed by atoms with Crippen LogP contribution in [0.5, 0.6) is 0 Å². The average molecular weight is 648 g/mol. The molecule has 0 spiro atoms. The van der Waals surface area contributed by atoms with E-state index in [0.29, 0.717) is 25.1 Å². The van der Waals surface area contributed by atoms with E-state index in [4.69, 9.17) is 4.74 Å². The maximum absolute atomic E-state index is 14.6. The Labute approximate surface area is 280 Å². The Kier molecular flexibility index (Phi) is 9.33.